The Bertz CT molecular complexity index is 206. The van der Waals surface area contributed by atoms with Crippen LogP contribution in [0.25, 0.3) is 0 Å². The zero-order valence-electron chi connectivity index (χ0n) is 12.1. The molecule has 3 heteroatoms. The van der Waals surface area contributed by atoms with Crippen LogP contribution in [0.1, 0.15) is 39.5 Å². The van der Waals surface area contributed by atoms with Crippen LogP contribution in [-0.4, -0.2) is 55.3 Å². The fourth-order valence-corrected chi connectivity index (χ4v) is 3.37. The molecule has 1 aliphatic heterocycles. The SMILES string of the molecule is CCC(CC)(CS)CN1CCCC(N(C)C)C1. The minimum absolute atomic E-state index is 0.428. The van der Waals surface area contributed by atoms with Gasteiger partial charge >= 0.3 is 0 Å². The van der Waals surface area contributed by atoms with Crippen LogP contribution in [0.2, 0.25) is 0 Å². The lowest BCUT2D eigenvalue weighted by Gasteiger charge is -2.41. The molecule has 0 amide bonds. The highest BCUT2D eigenvalue weighted by atomic mass is 32.1. The van der Waals surface area contributed by atoms with Gasteiger partial charge < -0.3 is 9.80 Å². The van der Waals surface area contributed by atoms with E-state index in [4.69, 9.17) is 0 Å². The van der Waals surface area contributed by atoms with E-state index in [0.717, 1.165) is 11.8 Å². The van der Waals surface area contributed by atoms with Crippen molar-refractivity contribution in [1.82, 2.24) is 9.80 Å². The number of likely N-dealkylation sites (tertiary alicyclic amines) is 1. The van der Waals surface area contributed by atoms with Gasteiger partial charge in [0.05, 0.1) is 0 Å². The summed E-state index contributed by atoms with van der Waals surface area (Å²) in [4.78, 5) is 5.05. The van der Waals surface area contributed by atoms with E-state index in [-0.39, 0.29) is 0 Å². The van der Waals surface area contributed by atoms with Gasteiger partial charge in [-0.15, -0.1) is 0 Å². The van der Waals surface area contributed by atoms with Gasteiger partial charge in [0, 0.05) is 19.1 Å². The van der Waals surface area contributed by atoms with Crippen molar-refractivity contribution in [2.45, 2.75) is 45.6 Å². The molecule has 17 heavy (non-hydrogen) atoms. The molecule has 1 unspecified atom stereocenters. The van der Waals surface area contributed by atoms with Crippen molar-refractivity contribution in [1.29, 1.82) is 0 Å². The highest BCUT2D eigenvalue weighted by Gasteiger charge is 2.30. The molecule has 0 N–H and O–H groups in total. The highest BCUT2D eigenvalue weighted by molar-refractivity contribution is 7.80. The number of rotatable bonds is 6. The molecular weight excluding hydrogens is 228 g/mol. The maximum atomic E-state index is 4.59. The predicted molar refractivity (Wildman–Crippen MR) is 80.0 cm³/mol. The van der Waals surface area contributed by atoms with Gasteiger partial charge in [0.25, 0.3) is 0 Å². The summed E-state index contributed by atoms with van der Waals surface area (Å²) < 4.78 is 0. The Balaban J connectivity index is 2.55. The van der Waals surface area contributed by atoms with Crippen molar-refractivity contribution in [3.63, 3.8) is 0 Å². The molecule has 2 nitrogen and oxygen atoms in total. The molecular formula is C14H30N2S. The number of hydrogen-bond acceptors (Lipinski definition) is 3. The van der Waals surface area contributed by atoms with Crippen molar-refractivity contribution in [3.05, 3.63) is 0 Å². The van der Waals surface area contributed by atoms with Crippen LogP contribution in [0.4, 0.5) is 0 Å². The minimum Gasteiger partial charge on any atom is -0.305 e. The smallest absolute Gasteiger partial charge is 0.0217 e. The second-order valence-corrected chi connectivity index (χ2v) is 6.18. The Morgan fingerprint density at radius 3 is 2.41 bits per heavy atom. The normalized spacial score (nSPS) is 23.3. The van der Waals surface area contributed by atoms with Gasteiger partial charge in [-0.1, -0.05) is 13.8 Å². The first-order valence-electron chi connectivity index (χ1n) is 7.06. The van der Waals surface area contributed by atoms with Gasteiger partial charge in [0.15, 0.2) is 0 Å². The van der Waals surface area contributed by atoms with Gasteiger partial charge in [-0.25, -0.2) is 0 Å². The molecule has 0 saturated carbocycles. The molecule has 0 aromatic heterocycles. The van der Waals surface area contributed by atoms with Gasteiger partial charge in [0.1, 0.15) is 0 Å². The average molecular weight is 258 g/mol. The molecule has 102 valence electrons. The van der Waals surface area contributed by atoms with E-state index in [2.05, 4.69) is 50.4 Å². The Morgan fingerprint density at radius 1 is 1.29 bits per heavy atom. The van der Waals surface area contributed by atoms with E-state index in [1.54, 1.807) is 0 Å². The highest BCUT2D eigenvalue weighted by Crippen LogP contribution is 2.30. The van der Waals surface area contributed by atoms with Crippen molar-refractivity contribution in [2.24, 2.45) is 5.41 Å². The van der Waals surface area contributed by atoms with E-state index < -0.39 is 0 Å². The van der Waals surface area contributed by atoms with E-state index in [0.29, 0.717) is 5.41 Å². The number of hydrogen-bond donors (Lipinski definition) is 1. The standard InChI is InChI=1S/C14H30N2S/c1-5-14(6-2,12-17)11-16-9-7-8-13(10-16)15(3)4/h13,17H,5-12H2,1-4H3. The molecule has 1 saturated heterocycles. The zero-order chi connectivity index (χ0) is 12.9. The van der Waals surface area contributed by atoms with Crippen LogP contribution in [0.15, 0.2) is 0 Å². The Hall–Kier alpha value is 0.270. The van der Waals surface area contributed by atoms with Crippen LogP contribution in [-0.2, 0) is 0 Å². The van der Waals surface area contributed by atoms with Gasteiger partial charge in [0.2, 0.25) is 0 Å². The number of likely N-dealkylation sites (N-methyl/N-ethyl adjacent to an activating group) is 1. The largest absolute Gasteiger partial charge is 0.305 e. The maximum Gasteiger partial charge on any atom is 0.0217 e. The summed E-state index contributed by atoms with van der Waals surface area (Å²) in [6.45, 7) is 8.37. The van der Waals surface area contributed by atoms with E-state index >= 15 is 0 Å². The fraction of sp³-hybridized carbons (Fsp3) is 1.00. The third kappa shape index (κ3) is 4.15. The van der Waals surface area contributed by atoms with Gasteiger partial charge in [-0.2, -0.15) is 12.6 Å². The summed E-state index contributed by atoms with van der Waals surface area (Å²) in [7, 11) is 4.42. The molecule has 0 bridgehead atoms. The van der Waals surface area contributed by atoms with Crippen LogP contribution in [0, 0.1) is 5.41 Å². The van der Waals surface area contributed by atoms with Crippen molar-refractivity contribution in [3.8, 4) is 0 Å². The number of thiol groups is 1. The molecule has 1 heterocycles. The quantitative estimate of drug-likeness (QED) is 0.732. The monoisotopic (exact) mass is 258 g/mol. The lowest BCUT2D eigenvalue weighted by Crippen LogP contribution is -2.49. The molecule has 1 aliphatic rings. The lowest BCUT2D eigenvalue weighted by molar-refractivity contribution is 0.0888. The average Bonchev–Trinajstić information content (AvgIpc) is 2.36. The summed E-state index contributed by atoms with van der Waals surface area (Å²) >= 11 is 4.59. The lowest BCUT2D eigenvalue weighted by atomic mass is 9.83. The third-order valence-electron chi connectivity index (χ3n) is 4.61. The second-order valence-electron chi connectivity index (χ2n) is 5.86. The van der Waals surface area contributed by atoms with Gasteiger partial charge in [-0.3, -0.25) is 0 Å². The minimum atomic E-state index is 0.428. The maximum absolute atomic E-state index is 4.59. The molecule has 0 aliphatic carbocycles. The molecule has 1 fully saturated rings. The van der Waals surface area contributed by atoms with Crippen LogP contribution < -0.4 is 0 Å². The summed E-state index contributed by atoms with van der Waals surface area (Å²) in [5.74, 6) is 1.02. The van der Waals surface area contributed by atoms with Crippen molar-refractivity contribution < 1.29 is 0 Å². The predicted octanol–water partition coefficient (Wildman–Crippen LogP) is 2.75. The van der Waals surface area contributed by atoms with Crippen LogP contribution in [0.5, 0.6) is 0 Å². The first kappa shape index (κ1) is 15.3. The van der Waals surface area contributed by atoms with E-state index in [1.807, 2.05) is 0 Å². The van der Waals surface area contributed by atoms with E-state index in [9.17, 15) is 0 Å². The summed E-state index contributed by atoms with van der Waals surface area (Å²) in [5, 5.41) is 0. The molecule has 0 aromatic rings. The Labute approximate surface area is 113 Å². The summed E-state index contributed by atoms with van der Waals surface area (Å²) in [6, 6.07) is 0.745. The first-order chi connectivity index (χ1) is 8.06. The Kier molecular flexibility index (Phi) is 6.32. The Morgan fingerprint density at radius 2 is 1.94 bits per heavy atom. The summed E-state index contributed by atoms with van der Waals surface area (Å²) in [6.07, 6.45) is 5.20. The van der Waals surface area contributed by atoms with Crippen LogP contribution in [0.3, 0.4) is 0 Å². The molecule has 0 aromatic carbocycles. The fourth-order valence-electron chi connectivity index (χ4n) is 2.82. The van der Waals surface area contributed by atoms with Crippen molar-refractivity contribution >= 4 is 12.6 Å². The molecule has 0 spiro atoms. The summed E-state index contributed by atoms with van der Waals surface area (Å²) in [5.41, 5.74) is 0.428. The topological polar surface area (TPSA) is 6.48 Å². The van der Waals surface area contributed by atoms with Gasteiger partial charge in [-0.05, 0) is 57.5 Å². The van der Waals surface area contributed by atoms with Crippen molar-refractivity contribution in [2.75, 3.05) is 39.5 Å². The number of nitrogens with zero attached hydrogens (tertiary/aromatic N) is 2. The first-order valence-corrected chi connectivity index (χ1v) is 7.69. The van der Waals surface area contributed by atoms with Crippen LogP contribution >= 0.6 is 12.6 Å². The molecule has 1 rings (SSSR count). The number of piperidine rings is 1. The third-order valence-corrected chi connectivity index (χ3v) is 5.28. The zero-order valence-corrected chi connectivity index (χ0v) is 13.0. The van der Waals surface area contributed by atoms with E-state index in [1.165, 1.54) is 45.3 Å². The second kappa shape index (κ2) is 7.01. The molecule has 1 atom stereocenters. The molecule has 0 radical (unpaired) electrons.